The number of rotatable bonds is 3. The zero-order valence-electron chi connectivity index (χ0n) is 9.53. The van der Waals surface area contributed by atoms with Gasteiger partial charge in [-0.3, -0.25) is 4.90 Å². The third-order valence-corrected chi connectivity index (χ3v) is 2.97. The molecular weight excluding hydrogens is 186 g/mol. The molecule has 1 aromatic rings. The zero-order valence-corrected chi connectivity index (χ0v) is 9.53. The van der Waals surface area contributed by atoms with Crippen molar-refractivity contribution in [2.24, 2.45) is 0 Å². The lowest BCUT2D eigenvalue weighted by molar-refractivity contribution is -0.0871. The lowest BCUT2D eigenvalue weighted by Gasteiger charge is -2.44. The van der Waals surface area contributed by atoms with Gasteiger partial charge in [0.15, 0.2) is 0 Å². The topological polar surface area (TPSA) is 23.5 Å². The second-order valence-corrected chi connectivity index (χ2v) is 4.81. The van der Waals surface area contributed by atoms with Crippen molar-refractivity contribution < 1.29 is 5.11 Å². The number of β-amino-alcohol motifs (C(OH)–C–C–N with tert-alkyl or cyclic N) is 1. The first kappa shape index (κ1) is 10.7. The highest BCUT2D eigenvalue weighted by Crippen LogP contribution is 2.22. The van der Waals surface area contributed by atoms with Crippen LogP contribution in [0.1, 0.15) is 25.0 Å². The van der Waals surface area contributed by atoms with E-state index in [9.17, 15) is 5.11 Å². The largest absolute Gasteiger partial charge is 0.388 e. The van der Waals surface area contributed by atoms with Gasteiger partial charge in [0.1, 0.15) is 0 Å². The SMILES string of the molecule is CCc1ccc(CN2CC(C)(O)C2)cc1. The summed E-state index contributed by atoms with van der Waals surface area (Å²) in [6.45, 7) is 6.61. The Morgan fingerprint density at radius 2 is 1.73 bits per heavy atom. The highest BCUT2D eigenvalue weighted by molar-refractivity contribution is 5.22. The Kier molecular flexibility index (Phi) is 2.81. The van der Waals surface area contributed by atoms with Gasteiger partial charge in [-0.25, -0.2) is 0 Å². The molecule has 0 bridgehead atoms. The second-order valence-electron chi connectivity index (χ2n) is 4.81. The molecule has 15 heavy (non-hydrogen) atoms. The molecule has 0 atom stereocenters. The monoisotopic (exact) mass is 205 g/mol. The van der Waals surface area contributed by atoms with E-state index in [0.29, 0.717) is 0 Å². The van der Waals surface area contributed by atoms with Gasteiger partial charge >= 0.3 is 0 Å². The number of likely N-dealkylation sites (tertiary alicyclic amines) is 1. The molecule has 2 rings (SSSR count). The van der Waals surface area contributed by atoms with E-state index in [0.717, 1.165) is 26.1 Å². The lowest BCUT2D eigenvalue weighted by Crippen LogP contribution is -2.59. The van der Waals surface area contributed by atoms with Gasteiger partial charge in [-0.05, 0) is 24.5 Å². The zero-order chi connectivity index (χ0) is 10.9. The first-order valence-corrected chi connectivity index (χ1v) is 5.61. The standard InChI is InChI=1S/C13H19NO/c1-3-11-4-6-12(7-5-11)8-14-9-13(2,15)10-14/h4-7,15H,3,8-10H2,1-2H3. The van der Waals surface area contributed by atoms with Gasteiger partial charge in [-0.1, -0.05) is 31.2 Å². The minimum atomic E-state index is -0.455. The maximum Gasteiger partial charge on any atom is 0.0872 e. The third kappa shape index (κ3) is 2.58. The Bertz CT molecular complexity index is 321. The summed E-state index contributed by atoms with van der Waals surface area (Å²) in [7, 11) is 0. The summed E-state index contributed by atoms with van der Waals surface area (Å²) in [5.74, 6) is 0. The Hall–Kier alpha value is -0.860. The Morgan fingerprint density at radius 3 is 2.20 bits per heavy atom. The third-order valence-electron chi connectivity index (χ3n) is 2.97. The van der Waals surface area contributed by atoms with Crippen LogP contribution in [0.3, 0.4) is 0 Å². The minimum absolute atomic E-state index is 0.455. The molecule has 1 aliphatic rings. The van der Waals surface area contributed by atoms with E-state index >= 15 is 0 Å². The molecule has 0 saturated carbocycles. The molecule has 0 aliphatic carbocycles. The van der Waals surface area contributed by atoms with E-state index in [1.807, 2.05) is 6.92 Å². The van der Waals surface area contributed by atoms with Crippen molar-refractivity contribution in [1.82, 2.24) is 4.90 Å². The molecule has 0 aromatic heterocycles. The lowest BCUT2D eigenvalue weighted by atomic mass is 9.96. The molecule has 82 valence electrons. The van der Waals surface area contributed by atoms with Crippen molar-refractivity contribution in [3.63, 3.8) is 0 Å². The Labute approximate surface area is 91.5 Å². The maximum atomic E-state index is 9.60. The van der Waals surface area contributed by atoms with Gasteiger partial charge in [0.2, 0.25) is 0 Å². The van der Waals surface area contributed by atoms with Crippen LogP contribution in [0.4, 0.5) is 0 Å². The summed E-state index contributed by atoms with van der Waals surface area (Å²) >= 11 is 0. The van der Waals surface area contributed by atoms with E-state index in [1.165, 1.54) is 11.1 Å². The Morgan fingerprint density at radius 1 is 1.20 bits per heavy atom. The fourth-order valence-electron chi connectivity index (χ4n) is 2.17. The van der Waals surface area contributed by atoms with Crippen molar-refractivity contribution in [3.8, 4) is 0 Å². The molecule has 1 heterocycles. The number of hydrogen-bond acceptors (Lipinski definition) is 2. The average molecular weight is 205 g/mol. The minimum Gasteiger partial charge on any atom is -0.388 e. The van der Waals surface area contributed by atoms with Crippen LogP contribution in [-0.4, -0.2) is 28.7 Å². The van der Waals surface area contributed by atoms with E-state index in [1.54, 1.807) is 0 Å². The molecule has 1 fully saturated rings. The molecule has 2 heteroatoms. The summed E-state index contributed by atoms with van der Waals surface area (Å²) in [4.78, 5) is 2.26. The van der Waals surface area contributed by atoms with E-state index in [2.05, 4.69) is 36.1 Å². The van der Waals surface area contributed by atoms with Gasteiger partial charge in [0, 0.05) is 19.6 Å². The second kappa shape index (κ2) is 3.95. The van der Waals surface area contributed by atoms with Crippen LogP contribution in [-0.2, 0) is 13.0 Å². The predicted octanol–water partition coefficient (Wildman–Crippen LogP) is 1.82. The number of aryl methyl sites for hydroxylation is 1. The molecule has 0 amide bonds. The van der Waals surface area contributed by atoms with Crippen LogP contribution in [0, 0.1) is 0 Å². The van der Waals surface area contributed by atoms with Crippen LogP contribution < -0.4 is 0 Å². The maximum absolute atomic E-state index is 9.60. The van der Waals surface area contributed by atoms with Crippen LogP contribution in [0.15, 0.2) is 24.3 Å². The smallest absolute Gasteiger partial charge is 0.0872 e. The average Bonchev–Trinajstić information content (AvgIpc) is 2.16. The van der Waals surface area contributed by atoms with Crippen LogP contribution in [0.2, 0.25) is 0 Å². The molecule has 1 saturated heterocycles. The van der Waals surface area contributed by atoms with E-state index in [-0.39, 0.29) is 0 Å². The van der Waals surface area contributed by atoms with Crippen molar-refractivity contribution in [1.29, 1.82) is 0 Å². The molecule has 1 aromatic carbocycles. The van der Waals surface area contributed by atoms with Crippen molar-refractivity contribution in [3.05, 3.63) is 35.4 Å². The van der Waals surface area contributed by atoms with Crippen molar-refractivity contribution in [2.45, 2.75) is 32.4 Å². The molecule has 0 spiro atoms. The van der Waals surface area contributed by atoms with E-state index < -0.39 is 5.60 Å². The Balaban J connectivity index is 1.89. The van der Waals surface area contributed by atoms with Crippen molar-refractivity contribution >= 4 is 0 Å². The van der Waals surface area contributed by atoms with Gasteiger partial charge in [0.25, 0.3) is 0 Å². The van der Waals surface area contributed by atoms with Crippen molar-refractivity contribution in [2.75, 3.05) is 13.1 Å². The number of hydrogen-bond donors (Lipinski definition) is 1. The molecule has 1 aliphatic heterocycles. The van der Waals surface area contributed by atoms with Gasteiger partial charge in [-0.2, -0.15) is 0 Å². The van der Waals surface area contributed by atoms with Crippen LogP contribution in [0.5, 0.6) is 0 Å². The highest BCUT2D eigenvalue weighted by atomic mass is 16.3. The van der Waals surface area contributed by atoms with Crippen LogP contribution >= 0.6 is 0 Å². The summed E-state index contributed by atoms with van der Waals surface area (Å²) in [5.41, 5.74) is 2.26. The first-order valence-electron chi connectivity index (χ1n) is 5.61. The first-order chi connectivity index (χ1) is 7.09. The normalized spacial score (nSPS) is 19.9. The molecule has 2 nitrogen and oxygen atoms in total. The fraction of sp³-hybridized carbons (Fsp3) is 0.538. The van der Waals surface area contributed by atoms with Crippen LogP contribution in [0.25, 0.3) is 0 Å². The fourth-order valence-corrected chi connectivity index (χ4v) is 2.17. The summed E-state index contributed by atoms with van der Waals surface area (Å²) in [5, 5.41) is 9.60. The highest BCUT2D eigenvalue weighted by Gasteiger charge is 2.35. The molecule has 1 N–H and O–H groups in total. The number of aliphatic hydroxyl groups is 1. The molecular formula is C13H19NO. The number of benzene rings is 1. The summed E-state index contributed by atoms with van der Waals surface area (Å²) < 4.78 is 0. The predicted molar refractivity (Wildman–Crippen MR) is 61.7 cm³/mol. The summed E-state index contributed by atoms with van der Waals surface area (Å²) in [6, 6.07) is 8.75. The van der Waals surface area contributed by atoms with Gasteiger partial charge in [-0.15, -0.1) is 0 Å². The van der Waals surface area contributed by atoms with E-state index in [4.69, 9.17) is 0 Å². The van der Waals surface area contributed by atoms with Gasteiger partial charge < -0.3 is 5.11 Å². The quantitative estimate of drug-likeness (QED) is 0.813. The summed E-state index contributed by atoms with van der Waals surface area (Å²) in [6.07, 6.45) is 1.10. The molecule has 0 radical (unpaired) electrons. The number of nitrogens with zero attached hydrogens (tertiary/aromatic N) is 1. The van der Waals surface area contributed by atoms with Gasteiger partial charge in [0.05, 0.1) is 5.60 Å². The molecule has 0 unspecified atom stereocenters.